The van der Waals surface area contributed by atoms with Gasteiger partial charge in [-0.05, 0) is 35.2 Å². The van der Waals surface area contributed by atoms with Crippen LogP contribution < -0.4 is 11.2 Å². The summed E-state index contributed by atoms with van der Waals surface area (Å²) in [4.78, 5) is 12.1. The Morgan fingerprint density at radius 1 is 1.11 bits per heavy atom. The van der Waals surface area contributed by atoms with Crippen LogP contribution in [0.1, 0.15) is 26.3 Å². The second-order valence-corrected chi connectivity index (χ2v) is 8.73. The van der Waals surface area contributed by atoms with Crippen LogP contribution in [0.5, 0.6) is 0 Å². The third kappa shape index (κ3) is 4.85. The number of anilines is 1. The fourth-order valence-corrected chi connectivity index (χ4v) is 3.33. The first-order valence-corrected chi connectivity index (χ1v) is 10.1. The smallest absolute Gasteiger partial charge is 0.234 e. The zero-order valence-electron chi connectivity index (χ0n) is 15.9. The van der Waals surface area contributed by atoms with E-state index in [0.29, 0.717) is 21.7 Å². The summed E-state index contributed by atoms with van der Waals surface area (Å²) in [5, 5.41) is 12.2. The zero-order chi connectivity index (χ0) is 20.3. The van der Waals surface area contributed by atoms with E-state index in [1.807, 2.05) is 12.1 Å². The minimum absolute atomic E-state index is 0.0768. The van der Waals surface area contributed by atoms with Gasteiger partial charge in [0, 0.05) is 16.3 Å². The van der Waals surface area contributed by atoms with Crippen molar-refractivity contribution in [2.45, 2.75) is 31.3 Å². The first kappa shape index (κ1) is 20.2. The molecule has 0 unspecified atom stereocenters. The second-order valence-electron chi connectivity index (χ2n) is 7.35. The number of nitrogens with zero attached hydrogens (tertiary/aromatic N) is 3. The zero-order valence-corrected chi connectivity index (χ0v) is 17.5. The van der Waals surface area contributed by atoms with Crippen LogP contribution in [0.3, 0.4) is 0 Å². The van der Waals surface area contributed by atoms with Gasteiger partial charge in [-0.25, -0.2) is 4.68 Å². The maximum Gasteiger partial charge on any atom is 0.234 e. The summed E-state index contributed by atoms with van der Waals surface area (Å²) in [6.45, 7) is 6.49. The number of hydrogen-bond donors (Lipinski definition) is 2. The molecule has 3 N–H and O–H groups in total. The van der Waals surface area contributed by atoms with Crippen LogP contribution >= 0.6 is 23.4 Å². The maximum atomic E-state index is 12.1. The van der Waals surface area contributed by atoms with E-state index in [-0.39, 0.29) is 17.1 Å². The lowest BCUT2D eigenvalue weighted by atomic mass is 9.87. The summed E-state index contributed by atoms with van der Waals surface area (Å²) in [7, 11) is 0. The highest BCUT2D eigenvalue weighted by Crippen LogP contribution is 2.26. The van der Waals surface area contributed by atoms with Gasteiger partial charge in [-0.3, -0.25) is 4.79 Å². The number of rotatable bonds is 5. The number of thioether (sulfide) groups is 1. The standard InChI is InChI=1S/C20H22ClN5OS/c1-20(2,3)14-6-4-13(5-7-14)18-24-25-19(26(18)22)28-12-17(27)23-16-10-8-15(21)9-11-16/h4-11H,12,22H2,1-3H3,(H,23,27). The molecule has 0 spiro atoms. The van der Waals surface area contributed by atoms with E-state index >= 15 is 0 Å². The van der Waals surface area contributed by atoms with E-state index in [4.69, 9.17) is 17.4 Å². The molecule has 1 amide bonds. The van der Waals surface area contributed by atoms with Gasteiger partial charge in [0.1, 0.15) is 0 Å². The first-order valence-electron chi connectivity index (χ1n) is 8.73. The number of nitrogens with one attached hydrogen (secondary N) is 1. The molecule has 1 aromatic heterocycles. The highest BCUT2D eigenvalue weighted by Gasteiger charge is 2.16. The van der Waals surface area contributed by atoms with Gasteiger partial charge in [0.15, 0.2) is 5.82 Å². The van der Waals surface area contributed by atoms with E-state index in [0.717, 1.165) is 5.56 Å². The Morgan fingerprint density at radius 3 is 2.36 bits per heavy atom. The molecule has 0 saturated heterocycles. The van der Waals surface area contributed by atoms with Crippen LogP contribution in [0, 0.1) is 0 Å². The Labute approximate surface area is 173 Å². The molecule has 28 heavy (non-hydrogen) atoms. The number of benzene rings is 2. The summed E-state index contributed by atoms with van der Waals surface area (Å²) in [6.07, 6.45) is 0. The Balaban J connectivity index is 1.64. The molecule has 0 fully saturated rings. The summed E-state index contributed by atoms with van der Waals surface area (Å²) < 4.78 is 1.41. The molecule has 3 aromatic rings. The summed E-state index contributed by atoms with van der Waals surface area (Å²) in [6, 6.07) is 15.0. The molecule has 1 heterocycles. The highest BCUT2D eigenvalue weighted by molar-refractivity contribution is 7.99. The summed E-state index contributed by atoms with van der Waals surface area (Å²) >= 11 is 7.07. The number of halogens is 1. The average molecular weight is 416 g/mol. The molecule has 0 aliphatic carbocycles. The highest BCUT2D eigenvalue weighted by atomic mass is 35.5. The van der Waals surface area contributed by atoms with Gasteiger partial charge in [0.25, 0.3) is 0 Å². The second kappa shape index (κ2) is 8.24. The van der Waals surface area contributed by atoms with Crippen molar-refractivity contribution in [3.05, 3.63) is 59.1 Å². The van der Waals surface area contributed by atoms with Crippen LogP contribution in [0.25, 0.3) is 11.4 Å². The predicted octanol–water partition coefficient (Wildman–Crippen LogP) is 4.34. The Kier molecular flexibility index (Phi) is 5.96. The predicted molar refractivity (Wildman–Crippen MR) is 115 cm³/mol. The van der Waals surface area contributed by atoms with E-state index < -0.39 is 0 Å². The largest absolute Gasteiger partial charge is 0.335 e. The Morgan fingerprint density at radius 2 is 1.75 bits per heavy atom. The lowest BCUT2D eigenvalue weighted by Crippen LogP contribution is -2.16. The minimum atomic E-state index is -0.161. The molecule has 0 saturated carbocycles. The van der Waals surface area contributed by atoms with Gasteiger partial charge >= 0.3 is 0 Å². The Bertz CT molecular complexity index is 962. The van der Waals surface area contributed by atoms with Crippen LogP contribution in [0.4, 0.5) is 5.69 Å². The summed E-state index contributed by atoms with van der Waals surface area (Å²) in [5.74, 6) is 6.70. The minimum Gasteiger partial charge on any atom is -0.335 e. The number of aromatic nitrogens is 3. The van der Waals surface area contributed by atoms with E-state index in [2.05, 4.69) is 48.4 Å². The number of carbonyl (C=O) groups is 1. The molecular weight excluding hydrogens is 394 g/mol. The van der Waals surface area contributed by atoms with Crippen molar-refractivity contribution >= 4 is 35.0 Å². The number of hydrogen-bond acceptors (Lipinski definition) is 5. The van der Waals surface area contributed by atoms with Gasteiger partial charge < -0.3 is 11.2 Å². The molecule has 0 bridgehead atoms. The molecule has 0 atom stereocenters. The molecule has 8 heteroatoms. The fraction of sp³-hybridized carbons (Fsp3) is 0.250. The lowest BCUT2D eigenvalue weighted by molar-refractivity contribution is -0.113. The number of amides is 1. The molecule has 6 nitrogen and oxygen atoms in total. The van der Waals surface area contributed by atoms with Crippen molar-refractivity contribution in [1.29, 1.82) is 0 Å². The fourth-order valence-electron chi connectivity index (χ4n) is 2.55. The van der Waals surface area contributed by atoms with Gasteiger partial charge in [0.2, 0.25) is 11.1 Å². The number of carbonyl (C=O) groups excluding carboxylic acids is 1. The van der Waals surface area contributed by atoms with Crippen LogP contribution in [-0.2, 0) is 10.2 Å². The maximum absolute atomic E-state index is 12.1. The lowest BCUT2D eigenvalue weighted by Gasteiger charge is -2.19. The summed E-state index contributed by atoms with van der Waals surface area (Å²) in [5.41, 5.74) is 2.87. The monoisotopic (exact) mass is 415 g/mol. The van der Waals surface area contributed by atoms with Gasteiger partial charge in [-0.2, -0.15) is 0 Å². The van der Waals surface area contributed by atoms with E-state index in [1.54, 1.807) is 24.3 Å². The van der Waals surface area contributed by atoms with Gasteiger partial charge in [0.05, 0.1) is 5.75 Å². The average Bonchev–Trinajstić information content (AvgIpc) is 3.02. The third-order valence-corrected chi connectivity index (χ3v) is 5.33. The number of nitrogen functional groups attached to an aromatic ring is 1. The molecule has 3 rings (SSSR count). The molecule has 0 aliphatic heterocycles. The molecular formula is C20H22ClN5OS. The first-order chi connectivity index (χ1) is 13.2. The quantitative estimate of drug-likeness (QED) is 0.478. The van der Waals surface area contributed by atoms with Crippen LogP contribution in [-0.4, -0.2) is 26.5 Å². The van der Waals surface area contributed by atoms with Crippen LogP contribution in [0.15, 0.2) is 53.7 Å². The van der Waals surface area contributed by atoms with Gasteiger partial charge in [-0.15, -0.1) is 10.2 Å². The molecule has 0 aliphatic rings. The molecule has 2 aromatic carbocycles. The Hall–Kier alpha value is -2.51. The molecule has 0 radical (unpaired) electrons. The van der Waals surface area contributed by atoms with Crippen molar-refractivity contribution in [1.82, 2.24) is 14.9 Å². The van der Waals surface area contributed by atoms with Crippen molar-refractivity contribution < 1.29 is 4.79 Å². The molecule has 146 valence electrons. The van der Waals surface area contributed by atoms with Gasteiger partial charge in [-0.1, -0.05) is 68.4 Å². The third-order valence-electron chi connectivity index (χ3n) is 4.13. The van der Waals surface area contributed by atoms with Crippen molar-refractivity contribution in [3.8, 4) is 11.4 Å². The van der Waals surface area contributed by atoms with E-state index in [1.165, 1.54) is 22.0 Å². The van der Waals surface area contributed by atoms with Crippen molar-refractivity contribution in [2.75, 3.05) is 16.9 Å². The van der Waals surface area contributed by atoms with Crippen molar-refractivity contribution in [3.63, 3.8) is 0 Å². The van der Waals surface area contributed by atoms with E-state index in [9.17, 15) is 4.79 Å². The normalized spacial score (nSPS) is 11.4. The van der Waals surface area contributed by atoms with Crippen molar-refractivity contribution in [2.24, 2.45) is 0 Å². The van der Waals surface area contributed by atoms with Crippen LogP contribution in [0.2, 0.25) is 5.02 Å². The topological polar surface area (TPSA) is 85.8 Å². The SMILES string of the molecule is CC(C)(C)c1ccc(-c2nnc(SCC(=O)Nc3ccc(Cl)cc3)n2N)cc1. The number of nitrogens with two attached hydrogens (primary N) is 1.